The number of aromatic amines is 1. The molecule has 3 nitrogen and oxygen atoms in total. The fourth-order valence-electron chi connectivity index (χ4n) is 1.84. The quantitative estimate of drug-likeness (QED) is 0.713. The van der Waals surface area contributed by atoms with Crippen LogP contribution in [-0.4, -0.2) is 9.97 Å². The molecule has 17 heavy (non-hydrogen) atoms. The molecule has 4 heteroatoms. The number of fused-ring (bicyclic) bond motifs is 1. The first-order valence-corrected chi connectivity index (χ1v) is 6.17. The van der Waals surface area contributed by atoms with Gasteiger partial charge in [-0.25, -0.2) is 4.98 Å². The van der Waals surface area contributed by atoms with E-state index in [0.29, 0.717) is 11.2 Å². The molecule has 0 aliphatic rings. The Bertz CT molecular complexity index is 742. The first-order valence-electron chi connectivity index (χ1n) is 5.29. The molecule has 0 saturated carbocycles. The molecule has 0 spiro atoms. The van der Waals surface area contributed by atoms with E-state index >= 15 is 0 Å². The number of nitrogens with one attached hydrogen (secondary N) is 1. The third-order valence-corrected chi connectivity index (χ3v) is 3.57. The highest BCUT2D eigenvalue weighted by atomic mass is 32.1. The van der Waals surface area contributed by atoms with Crippen molar-refractivity contribution in [3.63, 3.8) is 0 Å². The zero-order valence-electron chi connectivity index (χ0n) is 9.23. The van der Waals surface area contributed by atoms with Crippen LogP contribution in [0.25, 0.3) is 22.3 Å². The van der Waals surface area contributed by atoms with Crippen molar-refractivity contribution in [1.29, 1.82) is 0 Å². The van der Waals surface area contributed by atoms with Gasteiger partial charge in [0, 0.05) is 10.4 Å². The molecule has 0 radical (unpaired) electrons. The molecular weight excluding hydrogens is 232 g/mol. The third-order valence-electron chi connectivity index (χ3n) is 2.73. The molecule has 0 aliphatic heterocycles. The van der Waals surface area contributed by atoms with Gasteiger partial charge in [0.05, 0.1) is 10.9 Å². The van der Waals surface area contributed by atoms with Crippen LogP contribution >= 0.6 is 11.3 Å². The van der Waals surface area contributed by atoms with Crippen LogP contribution in [0.1, 0.15) is 4.88 Å². The number of aromatic nitrogens is 2. The number of aryl methyl sites for hydroxylation is 1. The average molecular weight is 242 g/mol. The first-order chi connectivity index (χ1) is 8.25. The van der Waals surface area contributed by atoms with Gasteiger partial charge in [0.2, 0.25) is 0 Å². The summed E-state index contributed by atoms with van der Waals surface area (Å²) < 4.78 is 0. The Labute approximate surface area is 102 Å². The van der Waals surface area contributed by atoms with Crippen LogP contribution in [0.2, 0.25) is 0 Å². The molecule has 0 amide bonds. The largest absolute Gasteiger partial charge is 0.306 e. The minimum absolute atomic E-state index is 0.0869. The van der Waals surface area contributed by atoms with E-state index in [2.05, 4.69) is 9.97 Å². The molecule has 0 saturated heterocycles. The van der Waals surface area contributed by atoms with E-state index in [1.54, 1.807) is 17.4 Å². The fourth-order valence-corrected chi connectivity index (χ4v) is 2.54. The Balaban J connectivity index is 2.33. The Kier molecular flexibility index (Phi) is 2.30. The molecule has 1 aromatic carbocycles. The zero-order valence-corrected chi connectivity index (χ0v) is 10.0. The molecule has 0 unspecified atom stereocenters. The topological polar surface area (TPSA) is 45.8 Å². The van der Waals surface area contributed by atoms with Gasteiger partial charge in [-0.2, -0.15) is 0 Å². The summed E-state index contributed by atoms with van der Waals surface area (Å²) in [6.07, 6.45) is 0. The summed E-state index contributed by atoms with van der Waals surface area (Å²) in [7, 11) is 0. The van der Waals surface area contributed by atoms with Crippen LogP contribution < -0.4 is 5.56 Å². The van der Waals surface area contributed by atoms with Crippen molar-refractivity contribution < 1.29 is 0 Å². The van der Waals surface area contributed by atoms with E-state index in [4.69, 9.17) is 0 Å². The lowest BCUT2D eigenvalue weighted by molar-refractivity contribution is 1.18. The predicted molar refractivity (Wildman–Crippen MR) is 70.4 cm³/mol. The Morgan fingerprint density at radius 1 is 1.24 bits per heavy atom. The zero-order chi connectivity index (χ0) is 11.8. The SMILES string of the molecule is Cc1sccc1-c1nc2ccccc2c(=O)[nH]1. The normalized spacial score (nSPS) is 10.9. The highest BCUT2D eigenvalue weighted by Gasteiger charge is 2.08. The third kappa shape index (κ3) is 1.66. The van der Waals surface area contributed by atoms with Crippen LogP contribution in [0, 0.1) is 6.92 Å². The smallest absolute Gasteiger partial charge is 0.259 e. The number of hydrogen-bond acceptors (Lipinski definition) is 3. The van der Waals surface area contributed by atoms with E-state index in [1.165, 1.54) is 0 Å². The molecule has 2 heterocycles. The predicted octanol–water partition coefficient (Wildman–Crippen LogP) is 2.96. The summed E-state index contributed by atoms with van der Waals surface area (Å²) in [6, 6.07) is 9.35. The maximum absolute atomic E-state index is 11.9. The van der Waals surface area contributed by atoms with Crippen molar-refractivity contribution in [2.24, 2.45) is 0 Å². The number of para-hydroxylation sites is 1. The number of H-pyrrole nitrogens is 1. The van der Waals surface area contributed by atoms with Crippen molar-refractivity contribution in [3.8, 4) is 11.4 Å². The molecule has 3 rings (SSSR count). The molecule has 3 aromatic rings. The minimum Gasteiger partial charge on any atom is -0.306 e. The summed E-state index contributed by atoms with van der Waals surface area (Å²) in [5, 5.41) is 2.63. The van der Waals surface area contributed by atoms with E-state index in [-0.39, 0.29) is 5.56 Å². The second-order valence-corrected chi connectivity index (χ2v) is 4.94. The molecule has 0 aliphatic carbocycles. The van der Waals surface area contributed by atoms with Gasteiger partial charge >= 0.3 is 0 Å². The summed E-state index contributed by atoms with van der Waals surface area (Å²) in [5.41, 5.74) is 1.64. The summed E-state index contributed by atoms with van der Waals surface area (Å²) in [6.45, 7) is 2.02. The van der Waals surface area contributed by atoms with E-state index in [1.807, 2.05) is 36.6 Å². The van der Waals surface area contributed by atoms with Gasteiger partial charge in [-0.05, 0) is 30.5 Å². The van der Waals surface area contributed by atoms with Crippen molar-refractivity contribution in [2.45, 2.75) is 6.92 Å². The lowest BCUT2D eigenvalue weighted by Crippen LogP contribution is -2.09. The second kappa shape index (κ2) is 3.82. The van der Waals surface area contributed by atoms with Gasteiger partial charge in [-0.1, -0.05) is 12.1 Å². The molecule has 0 fully saturated rings. The Morgan fingerprint density at radius 3 is 2.82 bits per heavy atom. The molecular formula is C13H10N2OS. The molecule has 2 aromatic heterocycles. The maximum Gasteiger partial charge on any atom is 0.259 e. The fraction of sp³-hybridized carbons (Fsp3) is 0.0769. The van der Waals surface area contributed by atoms with Crippen molar-refractivity contribution in [1.82, 2.24) is 9.97 Å². The van der Waals surface area contributed by atoms with Crippen molar-refractivity contribution in [3.05, 3.63) is 50.9 Å². The number of rotatable bonds is 1. The average Bonchev–Trinajstić information content (AvgIpc) is 2.75. The van der Waals surface area contributed by atoms with Gasteiger partial charge in [-0.15, -0.1) is 11.3 Å². The van der Waals surface area contributed by atoms with Crippen LogP contribution in [0.3, 0.4) is 0 Å². The number of nitrogens with zero attached hydrogens (tertiary/aromatic N) is 1. The Morgan fingerprint density at radius 2 is 2.06 bits per heavy atom. The van der Waals surface area contributed by atoms with Crippen LogP contribution in [-0.2, 0) is 0 Å². The van der Waals surface area contributed by atoms with Crippen LogP contribution in [0.4, 0.5) is 0 Å². The molecule has 0 atom stereocenters. The summed E-state index contributed by atoms with van der Waals surface area (Å²) >= 11 is 1.65. The lowest BCUT2D eigenvalue weighted by atomic mass is 10.2. The monoisotopic (exact) mass is 242 g/mol. The maximum atomic E-state index is 11.9. The number of hydrogen-bond donors (Lipinski definition) is 1. The second-order valence-electron chi connectivity index (χ2n) is 3.82. The molecule has 0 bridgehead atoms. The van der Waals surface area contributed by atoms with Gasteiger partial charge in [0.25, 0.3) is 5.56 Å². The van der Waals surface area contributed by atoms with Crippen molar-refractivity contribution in [2.75, 3.05) is 0 Å². The highest BCUT2D eigenvalue weighted by molar-refractivity contribution is 7.10. The van der Waals surface area contributed by atoms with Gasteiger partial charge in [0.1, 0.15) is 5.82 Å². The van der Waals surface area contributed by atoms with Crippen molar-refractivity contribution >= 4 is 22.2 Å². The van der Waals surface area contributed by atoms with E-state index in [9.17, 15) is 4.79 Å². The molecule has 84 valence electrons. The van der Waals surface area contributed by atoms with Crippen LogP contribution in [0.15, 0.2) is 40.5 Å². The van der Waals surface area contributed by atoms with E-state index in [0.717, 1.165) is 16.0 Å². The van der Waals surface area contributed by atoms with Crippen LogP contribution in [0.5, 0.6) is 0 Å². The van der Waals surface area contributed by atoms with Gasteiger partial charge in [0.15, 0.2) is 0 Å². The van der Waals surface area contributed by atoms with Gasteiger partial charge in [-0.3, -0.25) is 4.79 Å². The van der Waals surface area contributed by atoms with Gasteiger partial charge < -0.3 is 4.98 Å². The highest BCUT2D eigenvalue weighted by Crippen LogP contribution is 2.24. The lowest BCUT2D eigenvalue weighted by Gasteiger charge is -2.01. The minimum atomic E-state index is -0.0869. The summed E-state index contributed by atoms with van der Waals surface area (Å²) in [4.78, 5) is 20.4. The van der Waals surface area contributed by atoms with E-state index < -0.39 is 0 Å². The Hall–Kier alpha value is -1.94. The number of thiophene rings is 1. The number of benzene rings is 1. The molecule has 1 N–H and O–H groups in total. The summed E-state index contributed by atoms with van der Waals surface area (Å²) in [5.74, 6) is 0.646. The first kappa shape index (κ1) is 10.2. The standard InChI is InChI=1S/C13H10N2OS/c1-8-9(6-7-17-8)12-14-11-5-3-2-4-10(11)13(16)15-12/h2-7H,1H3,(H,14,15,16).